The number of pyridine rings is 1. The summed E-state index contributed by atoms with van der Waals surface area (Å²) >= 11 is 1.04. The molecule has 1 aliphatic heterocycles. The number of aromatic nitrogens is 2. The number of hydrogen-bond acceptors (Lipinski definition) is 12. The first-order valence-corrected chi connectivity index (χ1v) is 11.7. The van der Waals surface area contributed by atoms with Crippen LogP contribution in [0.25, 0.3) is 0 Å². The number of nitrogen functional groups attached to an aromatic ring is 2. The second kappa shape index (κ2) is 9.98. The Kier molecular flexibility index (Phi) is 7.28. The van der Waals surface area contributed by atoms with Gasteiger partial charge in [-0.25, -0.2) is 14.3 Å². The third-order valence-corrected chi connectivity index (χ3v) is 6.15. The molecule has 2 aromatic rings. The van der Waals surface area contributed by atoms with Crippen molar-refractivity contribution >= 4 is 50.1 Å². The van der Waals surface area contributed by atoms with Gasteiger partial charge in [0.2, 0.25) is 0 Å². The van der Waals surface area contributed by atoms with Crippen LogP contribution in [0.2, 0.25) is 0 Å². The molecule has 17 heteroatoms. The van der Waals surface area contributed by atoms with Crippen molar-refractivity contribution in [3.05, 3.63) is 35.1 Å². The molecule has 1 saturated heterocycles. The first-order chi connectivity index (χ1) is 16.0. The Bertz CT molecular complexity index is 1230. The van der Waals surface area contributed by atoms with Crippen LogP contribution in [-0.2, 0) is 24.7 Å². The predicted octanol–water partition coefficient (Wildman–Crippen LogP) is -1.28. The number of nitrogens with one attached hydrogen (secondary N) is 2. The van der Waals surface area contributed by atoms with Crippen LogP contribution >= 0.6 is 11.3 Å². The fourth-order valence-corrected chi connectivity index (χ4v) is 4.28. The van der Waals surface area contributed by atoms with Crippen LogP contribution in [0.4, 0.5) is 5.13 Å². The molecule has 2 aromatic heterocycles. The molecule has 0 bridgehead atoms. The van der Waals surface area contributed by atoms with Gasteiger partial charge in [-0.05, 0) is 19.1 Å². The average Bonchev–Trinajstić information content (AvgIpc) is 3.19. The highest BCUT2D eigenvalue weighted by molar-refractivity contribution is 7.84. The van der Waals surface area contributed by atoms with Crippen molar-refractivity contribution in [2.24, 2.45) is 10.9 Å². The lowest BCUT2D eigenvalue weighted by Crippen LogP contribution is -2.71. The van der Waals surface area contributed by atoms with Crippen LogP contribution in [0.5, 0.6) is 5.75 Å². The molecular formula is C17H20N8O7S2. The molecule has 2 atom stereocenters. The molecule has 7 N–H and O–H groups in total. The van der Waals surface area contributed by atoms with E-state index >= 15 is 0 Å². The minimum absolute atomic E-state index is 0.0279. The van der Waals surface area contributed by atoms with E-state index in [-0.39, 0.29) is 39.9 Å². The topological polar surface area (TPSA) is 236 Å². The van der Waals surface area contributed by atoms with Crippen LogP contribution in [0.1, 0.15) is 18.3 Å². The van der Waals surface area contributed by atoms with Gasteiger partial charge >= 0.3 is 10.3 Å². The molecule has 3 heterocycles. The van der Waals surface area contributed by atoms with Gasteiger partial charge in [-0.15, -0.1) is 11.3 Å². The summed E-state index contributed by atoms with van der Waals surface area (Å²) in [6, 6.07) is 0.865. The number of amides is 2. The van der Waals surface area contributed by atoms with Crippen LogP contribution in [0.15, 0.2) is 28.9 Å². The van der Waals surface area contributed by atoms with E-state index in [0.29, 0.717) is 11.4 Å². The van der Waals surface area contributed by atoms with E-state index in [0.717, 1.165) is 11.3 Å². The molecule has 1 fully saturated rings. The van der Waals surface area contributed by atoms with Gasteiger partial charge in [0.15, 0.2) is 17.5 Å². The highest BCUT2D eigenvalue weighted by Gasteiger charge is 2.51. The van der Waals surface area contributed by atoms with Crippen molar-refractivity contribution in [2.45, 2.75) is 19.0 Å². The second-order valence-electron chi connectivity index (χ2n) is 6.79. The normalized spacial score (nSPS) is 18.2. The minimum atomic E-state index is -4.74. The Morgan fingerprint density at radius 2 is 2.12 bits per heavy atom. The predicted molar refractivity (Wildman–Crippen MR) is 120 cm³/mol. The lowest BCUT2D eigenvalue weighted by molar-refractivity contribution is -0.143. The van der Waals surface area contributed by atoms with E-state index in [1.54, 1.807) is 6.07 Å². The number of nitrogens with zero attached hydrogens (tertiary/aromatic N) is 4. The van der Waals surface area contributed by atoms with Crippen molar-refractivity contribution in [3.8, 4) is 5.75 Å². The molecule has 0 aromatic carbocycles. The van der Waals surface area contributed by atoms with E-state index < -0.39 is 34.2 Å². The van der Waals surface area contributed by atoms with Crippen molar-refractivity contribution in [3.63, 3.8) is 0 Å². The second-order valence-corrected chi connectivity index (χ2v) is 8.97. The molecule has 0 radical (unpaired) electrons. The third kappa shape index (κ3) is 5.56. The number of amidine groups is 1. The first-order valence-electron chi connectivity index (χ1n) is 9.45. The summed E-state index contributed by atoms with van der Waals surface area (Å²) < 4.78 is 37.2. The van der Waals surface area contributed by atoms with Gasteiger partial charge in [-0.3, -0.25) is 19.6 Å². The standard InChI is InChI=1S/C17H20N8O7S2/c1-8-12(16(27)25(8)34(28,29)30)23-15(26)13(11-7-33-17(20)22-11)24-32-5-4-31-9-2-3-10(14(18)19)21-6-9/h2-3,6-8,12H,4-5H2,1H3,(H3,18,19)(H2,20,22)(H,23,26)(H,28,29,30)/b24-13-/t8-,12-/m0/s1. The Hall–Kier alpha value is -3.83. The van der Waals surface area contributed by atoms with Gasteiger partial charge in [0, 0.05) is 5.38 Å². The minimum Gasteiger partial charge on any atom is -0.488 e. The summed E-state index contributed by atoms with van der Waals surface area (Å²) in [6.45, 7) is 1.28. The van der Waals surface area contributed by atoms with Gasteiger partial charge < -0.3 is 26.4 Å². The number of rotatable bonds is 10. The molecular weight excluding hydrogens is 492 g/mol. The van der Waals surface area contributed by atoms with Crippen molar-refractivity contribution < 1.29 is 32.1 Å². The first kappa shape index (κ1) is 24.8. The van der Waals surface area contributed by atoms with Crippen molar-refractivity contribution in [2.75, 3.05) is 18.9 Å². The summed E-state index contributed by atoms with van der Waals surface area (Å²) in [7, 11) is -4.74. The lowest BCUT2D eigenvalue weighted by Gasteiger charge is -2.42. The van der Waals surface area contributed by atoms with Crippen molar-refractivity contribution in [1.82, 2.24) is 19.6 Å². The highest BCUT2D eigenvalue weighted by atomic mass is 32.2. The van der Waals surface area contributed by atoms with Crippen LogP contribution in [0, 0.1) is 5.41 Å². The third-order valence-electron chi connectivity index (χ3n) is 4.46. The average molecular weight is 513 g/mol. The maximum absolute atomic E-state index is 12.7. The quantitative estimate of drug-likeness (QED) is 0.0627. The van der Waals surface area contributed by atoms with Crippen molar-refractivity contribution in [1.29, 1.82) is 5.41 Å². The van der Waals surface area contributed by atoms with E-state index in [1.807, 2.05) is 0 Å². The molecule has 15 nitrogen and oxygen atoms in total. The molecule has 34 heavy (non-hydrogen) atoms. The number of nitrogens with two attached hydrogens (primary N) is 2. The lowest BCUT2D eigenvalue weighted by atomic mass is 10.0. The number of ether oxygens (including phenoxy) is 1. The zero-order valence-corrected chi connectivity index (χ0v) is 19.2. The van der Waals surface area contributed by atoms with Gasteiger partial charge in [0.1, 0.15) is 35.6 Å². The fraction of sp³-hybridized carbons (Fsp3) is 0.294. The van der Waals surface area contributed by atoms with E-state index in [2.05, 4.69) is 20.4 Å². The maximum Gasteiger partial charge on any atom is 0.362 e. The number of anilines is 1. The Morgan fingerprint density at radius 3 is 2.65 bits per heavy atom. The monoisotopic (exact) mass is 512 g/mol. The van der Waals surface area contributed by atoms with Gasteiger partial charge in [-0.2, -0.15) is 8.42 Å². The number of hydrogen-bond donors (Lipinski definition) is 5. The zero-order chi connectivity index (χ0) is 25.0. The smallest absolute Gasteiger partial charge is 0.362 e. The number of thiazole rings is 1. The summed E-state index contributed by atoms with van der Waals surface area (Å²) in [5.41, 5.74) is 11.0. The maximum atomic E-state index is 12.7. The summed E-state index contributed by atoms with van der Waals surface area (Å²) in [4.78, 5) is 37.8. The molecule has 0 aliphatic carbocycles. The molecule has 3 rings (SSSR count). The number of carbonyl (C=O) groups excluding carboxylic acids is 2. The molecule has 1 aliphatic rings. The van der Waals surface area contributed by atoms with Crippen LogP contribution in [-0.4, -0.2) is 75.9 Å². The molecule has 0 spiro atoms. The number of β-lactam (4-membered cyclic amide) rings is 1. The Morgan fingerprint density at radius 1 is 1.38 bits per heavy atom. The summed E-state index contributed by atoms with van der Waals surface area (Å²) in [5, 5.41) is 15.0. The van der Waals surface area contributed by atoms with Crippen LogP contribution in [0.3, 0.4) is 0 Å². The van der Waals surface area contributed by atoms with Gasteiger partial charge in [-0.1, -0.05) is 5.16 Å². The van der Waals surface area contributed by atoms with Gasteiger partial charge in [0.25, 0.3) is 11.8 Å². The summed E-state index contributed by atoms with van der Waals surface area (Å²) in [6.07, 6.45) is 1.38. The molecule has 182 valence electrons. The number of carbonyl (C=O) groups is 2. The summed E-state index contributed by atoms with van der Waals surface area (Å²) in [5.74, 6) is -1.65. The Balaban J connectivity index is 1.61. The van der Waals surface area contributed by atoms with Gasteiger partial charge in [0.05, 0.1) is 12.2 Å². The zero-order valence-electron chi connectivity index (χ0n) is 17.5. The van der Waals surface area contributed by atoms with E-state index in [9.17, 15) is 18.0 Å². The molecule has 0 saturated carbocycles. The molecule has 0 unspecified atom stereocenters. The molecule has 2 amide bonds. The van der Waals surface area contributed by atoms with E-state index in [1.165, 1.54) is 24.6 Å². The largest absolute Gasteiger partial charge is 0.488 e. The van der Waals surface area contributed by atoms with E-state index in [4.69, 9.17) is 31.0 Å². The highest BCUT2D eigenvalue weighted by Crippen LogP contribution is 2.23. The SMILES string of the molecule is C[C@H]1[C@H](NC(=O)/C(=N\OCCOc2ccc(C(=N)N)nc2)c2csc(N)n2)C(=O)N1S(=O)(=O)O. The fourth-order valence-electron chi connectivity index (χ4n) is 2.85. The Labute approximate surface area is 197 Å². The number of oxime groups is 1. The van der Waals surface area contributed by atoms with Crippen LogP contribution < -0.4 is 21.5 Å².